The molecule has 0 spiro atoms. The number of benzene rings is 1. The summed E-state index contributed by atoms with van der Waals surface area (Å²) in [6.07, 6.45) is -0.370. The van der Waals surface area contributed by atoms with Crippen LogP contribution in [-0.2, 0) is 0 Å². The van der Waals surface area contributed by atoms with Crippen LogP contribution in [0, 0.1) is 0 Å². The van der Waals surface area contributed by atoms with Gasteiger partial charge in [0.05, 0.1) is 21.3 Å². The molecule has 0 aliphatic rings. The maximum absolute atomic E-state index is 9.06. The molecule has 1 aromatic rings. The van der Waals surface area contributed by atoms with Crippen LogP contribution < -0.4 is 5.32 Å². The van der Waals surface area contributed by atoms with Gasteiger partial charge in [0.2, 0.25) is 0 Å². The van der Waals surface area contributed by atoms with Crippen molar-refractivity contribution in [3.05, 3.63) is 27.7 Å². The Morgan fingerprint density at radius 3 is 2.92 bits per heavy atom. The molecule has 0 saturated heterocycles. The summed E-state index contributed by atoms with van der Waals surface area (Å²) in [5.74, 6) is 0. The number of hydrogen-bond donors (Lipinski definition) is 2. The third-order valence-corrected chi connectivity index (χ3v) is 2.94. The van der Waals surface area contributed by atoms with Crippen LogP contribution in [0.1, 0.15) is 6.92 Å². The van der Waals surface area contributed by atoms with E-state index >= 15 is 0 Å². The molecule has 0 heterocycles. The highest BCUT2D eigenvalue weighted by atomic mass is 79.9. The van der Waals surface area contributed by atoms with Crippen LogP contribution in [-0.4, -0.2) is 17.8 Å². The highest BCUT2D eigenvalue weighted by molar-refractivity contribution is 9.10. The molecular formula is C9H11BrClNO. The Morgan fingerprint density at radius 1 is 1.62 bits per heavy atom. The summed E-state index contributed by atoms with van der Waals surface area (Å²) in [5, 5.41) is 12.8. The molecule has 0 fully saturated rings. The third kappa shape index (κ3) is 3.18. The molecule has 72 valence electrons. The predicted molar refractivity (Wildman–Crippen MR) is 59.3 cm³/mol. The summed E-state index contributed by atoms with van der Waals surface area (Å²) in [7, 11) is 0. The van der Waals surface area contributed by atoms with E-state index in [4.69, 9.17) is 16.7 Å². The molecule has 0 aromatic heterocycles. The Balaban J connectivity index is 2.71. The molecule has 1 rings (SSSR count). The van der Waals surface area contributed by atoms with Crippen LogP contribution in [0.5, 0.6) is 0 Å². The lowest BCUT2D eigenvalue weighted by Gasteiger charge is -2.10. The Hall–Kier alpha value is -0.250. The van der Waals surface area contributed by atoms with Gasteiger partial charge in [-0.1, -0.05) is 17.7 Å². The zero-order valence-electron chi connectivity index (χ0n) is 7.22. The van der Waals surface area contributed by atoms with E-state index in [-0.39, 0.29) is 6.10 Å². The van der Waals surface area contributed by atoms with Crippen molar-refractivity contribution in [3.63, 3.8) is 0 Å². The van der Waals surface area contributed by atoms with Gasteiger partial charge in [-0.25, -0.2) is 0 Å². The Kier molecular flexibility index (Phi) is 4.03. The van der Waals surface area contributed by atoms with Crippen molar-refractivity contribution in [3.8, 4) is 0 Å². The zero-order valence-corrected chi connectivity index (χ0v) is 9.56. The summed E-state index contributed by atoms with van der Waals surface area (Å²) in [4.78, 5) is 0. The van der Waals surface area contributed by atoms with Crippen molar-refractivity contribution < 1.29 is 5.11 Å². The first-order valence-electron chi connectivity index (χ1n) is 3.97. The Morgan fingerprint density at radius 2 is 2.31 bits per heavy atom. The van der Waals surface area contributed by atoms with Crippen LogP contribution >= 0.6 is 27.5 Å². The standard InChI is InChI=1S/C9H11BrClNO/c1-6(13)5-12-8-4-2-3-7(11)9(8)10/h2-4,6,12-13H,5H2,1H3/t6-/m1/s1. The van der Waals surface area contributed by atoms with Gasteiger partial charge in [0.25, 0.3) is 0 Å². The number of aliphatic hydroxyl groups is 1. The largest absolute Gasteiger partial charge is 0.392 e. The minimum atomic E-state index is -0.370. The van der Waals surface area contributed by atoms with Gasteiger partial charge >= 0.3 is 0 Å². The topological polar surface area (TPSA) is 32.3 Å². The number of rotatable bonds is 3. The van der Waals surface area contributed by atoms with Gasteiger partial charge in [-0.3, -0.25) is 0 Å². The smallest absolute Gasteiger partial charge is 0.0684 e. The lowest BCUT2D eigenvalue weighted by molar-refractivity contribution is 0.208. The van der Waals surface area contributed by atoms with E-state index in [0.29, 0.717) is 11.6 Å². The number of nitrogens with one attached hydrogen (secondary N) is 1. The summed E-state index contributed by atoms with van der Waals surface area (Å²) in [5.41, 5.74) is 0.897. The van der Waals surface area contributed by atoms with Crippen molar-refractivity contribution in [1.29, 1.82) is 0 Å². The molecule has 0 bridgehead atoms. The predicted octanol–water partition coefficient (Wildman–Crippen LogP) is 2.90. The second-order valence-electron chi connectivity index (χ2n) is 2.83. The first-order valence-corrected chi connectivity index (χ1v) is 5.14. The molecular weight excluding hydrogens is 253 g/mol. The number of anilines is 1. The SMILES string of the molecule is C[C@@H](O)CNc1cccc(Cl)c1Br. The summed E-state index contributed by atoms with van der Waals surface area (Å²) >= 11 is 9.23. The molecule has 0 unspecified atom stereocenters. The summed E-state index contributed by atoms with van der Waals surface area (Å²) < 4.78 is 0.831. The molecule has 0 saturated carbocycles. The minimum absolute atomic E-state index is 0.370. The Bertz CT molecular complexity index is 291. The van der Waals surface area contributed by atoms with Gasteiger partial charge < -0.3 is 10.4 Å². The van der Waals surface area contributed by atoms with Crippen molar-refractivity contribution in [1.82, 2.24) is 0 Å². The molecule has 0 aliphatic heterocycles. The quantitative estimate of drug-likeness (QED) is 0.880. The molecule has 0 aliphatic carbocycles. The van der Waals surface area contributed by atoms with Gasteiger partial charge in [-0.2, -0.15) is 0 Å². The molecule has 13 heavy (non-hydrogen) atoms. The van der Waals surface area contributed by atoms with Crippen molar-refractivity contribution in [2.45, 2.75) is 13.0 Å². The molecule has 1 aromatic carbocycles. The van der Waals surface area contributed by atoms with Crippen LogP contribution in [0.4, 0.5) is 5.69 Å². The highest BCUT2D eigenvalue weighted by Crippen LogP contribution is 2.29. The average molecular weight is 265 g/mol. The van der Waals surface area contributed by atoms with Crippen LogP contribution in [0.25, 0.3) is 0 Å². The first kappa shape index (κ1) is 10.8. The fourth-order valence-electron chi connectivity index (χ4n) is 0.898. The molecule has 4 heteroatoms. The van der Waals surface area contributed by atoms with E-state index in [1.807, 2.05) is 12.1 Å². The maximum atomic E-state index is 9.06. The van der Waals surface area contributed by atoms with E-state index in [1.54, 1.807) is 13.0 Å². The number of aliphatic hydroxyl groups excluding tert-OH is 1. The normalized spacial score (nSPS) is 12.6. The van der Waals surface area contributed by atoms with Crippen molar-refractivity contribution >= 4 is 33.2 Å². The molecule has 1 atom stereocenters. The first-order chi connectivity index (χ1) is 6.11. The lowest BCUT2D eigenvalue weighted by atomic mass is 10.3. The van der Waals surface area contributed by atoms with E-state index in [1.165, 1.54) is 0 Å². The average Bonchev–Trinajstić information content (AvgIpc) is 2.07. The van der Waals surface area contributed by atoms with Gasteiger partial charge in [0.1, 0.15) is 0 Å². The summed E-state index contributed by atoms with van der Waals surface area (Å²) in [6.45, 7) is 2.24. The zero-order chi connectivity index (χ0) is 9.84. The molecule has 2 N–H and O–H groups in total. The van der Waals surface area contributed by atoms with Crippen molar-refractivity contribution in [2.24, 2.45) is 0 Å². The number of hydrogen-bond acceptors (Lipinski definition) is 2. The van der Waals surface area contributed by atoms with Crippen LogP contribution in [0.15, 0.2) is 22.7 Å². The molecule has 0 radical (unpaired) electrons. The van der Waals surface area contributed by atoms with Crippen molar-refractivity contribution in [2.75, 3.05) is 11.9 Å². The minimum Gasteiger partial charge on any atom is -0.392 e. The van der Waals surface area contributed by atoms with Crippen LogP contribution in [0.3, 0.4) is 0 Å². The maximum Gasteiger partial charge on any atom is 0.0684 e. The van der Waals surface area contributed by atoms with Gasteiger partial charge in [-0.05, 0) is 35.0 Å². The monoisotopic (exact) mass is 263 g/mol. The molecule has 2 nitrogen and oxygen atoms in total. The van der Waals surface area contributed by atoms with Gasteiger partial charge in [0, 0.05) is 6.54 Å². The van der Waals surface area contributed by atoms with E-state index in [0.717, 1.165) is 10.2 Å². The lowest BCUT2D eigenvalue weighted by Crippen LogP contribution is -2.15. The van der Waals surface area contributed by atoms with Gasteiger partial charge in [0.15, 0.2) is 0 Å². The van der Waals surface area contributed by atoms with E-state index in [2.05, 4.69) is 21.2 Å². The third-order valence-electron chi connectivity index (χ3n) is 1.54. The summed E-state index contributed by atoms with van der Waals surface area (Å²) in [6, 6.07) is 5.56. The fourth-order valence-corrected chi connectivity index (χ4v) is 1.48. The fraction of sp³-hybridized carbons (Fsp3) is 0.333. The van der Waals surface area contributed by atoms with Gasteiger partial charge in [-0.15, -0.1) is 0 Å². The Labute approximate surface area is 91.0 Å². The number of halogens is 2. The second kappa shape index (κ2) is 4.84. The molecule has 0 amide bonds. The van der Waals surface area contributed by atoms with E-state index in [9.17, 15) is 0 Å². The van der Waals surface area contributed by atoms with E-state index < -0.39 is 0 Å². The second-order valence-corrected chi connectivity index (χ2v) is 4.03. The highest BCUT2D eigenvalue weighted by Gasteiger charge is 2.03. The van der Waals surface area contributed by atoms with Crippen LogP contribution in [0.2, 0.25) is 5.02 Å².